The Morgan fingerprint density at radius 3 is 2.55 bits per heavy atom. The summed E-state index contributed by atoms with van der Waals surface area (Å²) in [5, 5.41) is 5.14. The number of halogens is 1. The van der Waals surface area contributed by atoms with Crippen LogP contribution < -0.4 is 5.14 Å². The van der Waals surface area contributed by atoms with Crippen LogP contribution in [0.5, 0.6) is 0 Å². The zero-order valence-corrected chi connectivity index (χ0v) is 13.3. The van der Waals surface area contributed by atoms with Crippen molar-refractivity contribution in [2.24, 2.45) is 5.14 Å². The first-order valence-corrected chi connectivity index (χ1v) is 8.25. The number of esters is 1. The molecular formula is C15H14ClNO4S. The lowest BCUT2D eigenvalue weighted by Crippen LogP contribution is -2.14. The number of nitrogens with two attached hydrogens (primary N) is 1. The first-order valence-electron chi connectivity index (χ1n) is 6.33. The number of aryl methyl sites for hydroxylation is 1. The Balaban J connectivity index is 2.21. The van der Waals surface area contributed by atoms with Crippen molar-refractivity contribution < 1.29 is 17.9 Å². The fourth-order valence-corrected chi connectivity index (χ4v) is 2.57. The summed E-state index contributed by atoms with van der Waals surface area (Å²) in [6.07, 6.45) is 0. The molecule has 0 aliphatic heterocycles. The van der Waals surface area contributed by atoms with Crippen molar-refractivity contribution in [2.45, 2.75) is 18.4 Å². The van der Waals surface area contributed by atoms with Gasteiger partial charge in [0.05, 0.1) is 15.5 Å². The van der Waals surface area contributed by atoms with Crippen LogP contribution in [0.3, 0.4) is 0 Å². The largest absolute Gasteiger partial charge is 0.457 e. The van der Waals surface area contributed by atoms with E-state index in [0.717, 1.165) is 17.2 Å². The molecule has 22 heavy (non-hydrogen) atoms. The zero-order chi connectivity index (χ0) is 16.3. The molecule has 0 amide bonds. The van der Waals surface area contributed by atoms with Crippen molar-refractivity contribution in [2.75, 3.05) is 0 Å². The SMILES string of the molecule is Cc1ccccc1COC(=O)c1cc(S(N)(=O)=O)ccc1Cl. The first-order chi connectivity index (χ1) is 10.3. The van der Waals surface area contributed by atoms with Crippen LogP contribution in [0.2, 0.25) is 5.02 Å². The van der Waals surface area contributed by atoms with Crippen LogP contribution in [0.25, 0.3) is 0 Å². The average Bonchev–Trinajstić information content (AvgIpc) is 2.45. The van der Waals surface area contributed by atoms with Crippen LogP contribution in [0.1, 0.15) is 21.5 Å². The average molecular weight is 340 g/mol. The Labute approximate surface area is 133 Å². The van der Waals surface area contributed by atoms with Gasteiger partial charge in [0.1, 0.15) is 6.61 Å². The molecule has 2 aromatic carbocycles. The van der Waals surface area contributed by atoms with Gasteiger partial charge in [0, 0.05) is 0 Å². The minimum atomic E-state index is -3.92. The van der Waals surface area contributed by atoms with E-state index >= 15 is 0 Å². The van der Waals surface area contributed by atoms with Gasteiger partial charge in [0.2, 0.25) is 10.0 Å². The highest BCUT2D eigenvalue weighted by atomic mass is 35.5. The quantitative estimate of drug-likeness (QED) is 0.867. The van der Waals surface area contributed by atoms with Gasteiger partial charge in [-0.25, -0.2) is 18.4 Å². The van der Waals surface area contributed by atoms with Gasteiger partial charge in [-0.15, -0.1) is 0 Å². The van der Waals surface area contributed by atoms with E-state index in [2.05, 4.69) is 0 Å². The summed E-state index contributed by atoms with van der Waals surface area (Å²) in [5.41, 5.74) is 1.80. The van der Waals surface area contributed by atoms with Crippen LogP contribution in [0.4, 0.5) is 0 Å². The minimum absolute atomic E-state index is 0.0400. The van der Waals surface area contributed by atoms with Gasteiger partial charge in [-0.1, -0.05) is 35.9 Å². The van der Waals surface area contributed by atoms with E-state index in [1.54, 1.807) is 0 Å². The smallest absolute Gasteiger partial charge is 0.340 e. The lowest BCUT2D eigenvalue weighted by Gasteiger charge is -2.09. The second-order valence-corrected chi connectivity index (χ2v) is 6.66. The second-order valence-electron chi connectivity index (χ2n) is 4.69. The zero-order valence-electron chi connectivity index (χ0n) is 11.7. The monoisotopic (exact) mass is 339 g/mol. The summed E-state index contributed by atoms with van der Waals surface area (Å²) in [5.74, 6) is -0.709. The summed E-state index contributed by atoms with van der Waals surface area (Å²) in [6, 6.07) is 11.1. The van der Waals surface area contributed by atoms with Crippen LogP contribution in [0, 0.1) is 6.92 Å². The Bertz CT molecular complexity index is 818. The van der Waals surface area contributed by atoms with Gasteiger partial charge in [0.25, 0.3) is 0 Å². The van der Waals surface area contributed by atoms with E-state index in [0.29, 0.717) is 0 Å². The molecule has 0 fully saturated rings. The fourth-order valence-electron chi connectivity index (χ4n) is 1.83. The lowest BCUT2D eigenvalue weighted by atomic mass is 10.1. The third-order valence-electron chi connectivity index (χ3n) is 3.11. The minimum Gasteiger partial charge on any atom is -0.457 e. The number of hydrogen-bond donors (Lipinski definition) is 1. The van der Waals surface area contributed by atoms with E-state index in [9.17, 15) is 13.2 Å². The van der Waals surface area contributed by atoms with Gasteiger partial charge in [0.15, 0.2) is 0 Å². The van der Waals surface area contributed by atoms with Crippen molar-refractivity contribution in [3.63, 3.8) is 0 Å². The molecule has 0 saturated carbocycles. The predicted octanol–water partition coefficient (Wildman–Crippen LogP) is 2.65. The summed E-state index contributed by atoms with van der Waals surface area (Å²) in [4.78, 5) is 11.9. The molecule has 2 N–H and O–H groups in total. The van der Waals surface area contributed by atoms with Crippen molar-refractivity contribution in [3.8, 4) is 0 Å². The van der Waals surface area contributed by atoms with Gasteiger partial charge in [-0.05, 0) is 36.2 Å². The van der Waals surface area contributed by atoms with Crippen molar-refractivity contribution in [1.29, 1.82) is 0 Å². The molecule has 116 valence electrons. The lowest BCUT2D eigenvalue weighted by molar-refractivity contribution is 0.0472. The highest BCUT2D eigenvalue weighted by molar-refractivity contribution is 7.89. The standard InChI is InChI=1S/C15H14ClNO4S/c1-10-4-2-3-5-11(10)9-21-15(18)13-8-12(22(17,19)20)6-7-14(13)16/h2-8H,9H2,1H3,(H2,17,19,20). The van der Waals surface area contributed by atoms with Crippen molar-refractivity contribution in [1.82, 2.24) is 0 Å². The second kappa shape index (κ2) is 6.48. The first kappa shape index (κ1) is 16.5. The van der Waals surface area contributed by atoms with E-state index in [1.165, 1.54) is 12.1 Å². The molecule has 0 atom stereocenters. The Hall–Kier alpha value is -1.89. The van der Waals surface area contributed by atoms with Crippen LogP contribution in [-0.4, -0.2) is 14.4 Å². The maximum absolute atomic E-state index is 12.1. The molecule has 0 radical (unpaired) electrons. The number of ether oxygens (including phenoxy) is 1. The molecule has 0 bridgehead atoms. The van der Waals surface area contributed by atoms with Crippen molar-refractivity contribution >= 4 is 27.6 Å². The van der Waals surface area contributed by atoms with Gasteiger partial charge < -0.3 is 4.74 Å². The molecule has 0 spiro atoms. The van der Waals surface area contributed by atoms with Crippen LogP contribution in [0.15, 0.2) is 47.4 Å². The molecule has 0 aliphatic carbocycles. The third-order valence-corrected chi connectivity index (χ3v) is 4.35. The van der Waals surface area contributed by atoms with Crippen LogP contribution >= 0.6 is 11.6 Å². The Morgan fingerprint density at radius 1 is 1.23 bits per heavy atom. The van der Waals surface area contributed by atoms with Gasteiger partial charge >= 0.3 is 5.97 Å². The van der Waals surface area contributed by atoms with E-state index in [-0.39, 0.29) is 22.1 Å². The number of hydrogen-bond acceptors (Lipinski definition) is 4. The van der Waals surface area contributed by atoms with Crippen LogP contribution in [-0.2, 0) is 21.4 Å². The number of benzene rings is 2. The van der Waals surface area contributed by atoms with E-state index < -0.39 is 16.0 Å². The highest BCUT2D eigenvalue weighted by Crippen LogP contribution is 2.21. The molecule has 0 aromatic heterocycles. The molecular weight excluding hydrogens is 326 g/mol. The molecule has 0 heterocycles. The number of sulfonamides is 1. The molecule has 5 nitrogen and oxygen atoms in total. The predicted molar refractivity (Wildman–Crippen MR) is 83.1 cm³/mol. The summed E-state index contributed by atoms with van der Waals surface area (Å²) in [6.45, 7) is 1.97. The topological polar surface area (TPSA) is 86.5 Å². The number of carbonyl (C=O) groups is 1. The fraction of sp³-hybridized carbons (Fsp3) is 0.133. The van der Waals surface area contributed by atoms with Gasteiger partial charge in [-0.3, -0.25) is 0 Å². The van der Waals surface area contributed by atoms with Crippen molar-refractivity contribution in [3.05, 3.63) is 64.2 Å². The molecule has 0 aliphatic rings. The number of primary sulfonamides is 1. The summed E-state index contributed by atoms with van der Waals surface area (Å²) >= 11 is 5.92. The molecule has 2 aromatic rings. The molecule has 2 rings (SSSR count). The van der Waals surface area contributed by atoms with Gasteiger partial charge in [-0.2, -0.15) is 0 Å². The number of rotatable bonds is 4. The number of carbonyl (C=O) groups excluding carboxylic acids is 1. The molecule has 7 heteroatoms. The Kier molecular flexibility index (Phi) is 4.85. The third kappa shape index (κ3) is 3.85. The normalized spacial score (nSPS) is 11.2. The Morgan fingerprint density at radius 2 is 1.91 bits per heavy atom. The molecule has 0 unspecified atom stereocenters. The maximum atomic E-state index is 12.1. The summed E-state index contributed by atoms with van der Waals surface area (Å²) < 4.78 is 27.8. The van der Waals surface area contributed by atoms with E-state index in [1.807, 2.05) is 31.2 Å². The summed E-state index contributed by atoms with van der Waals surface area (Å²) in [7, 11) is -3.92. The maximum Gasteiger partial charge on any atom is 0.340 e. The molecule has 0 saturated heterocycles. The highest BCUT2D eigenvalue weighted by Gasteiger charge is 2.17. The van der Waals surface area contributed by atoms with E-state index in [4.69, 9.17) is 21.5 Å².